The Morgan fingerprint density at radius 3 is 2.20 bits per heavy atom. The van der Waals surface area contributed by atoms with E-state index in [1.54, 1.807) is 13.1 Å². The number of nitrogens with zero attached hydrogens (tertiary/aromatic N) is 2. The Labute approximate surface area is 271 Å². The molecule has 0 bridgehead atoms. The topological polar surface area (TPSA) is 132 Å². The summed E-state index contributed by atoms with van der Waals surface area (Å²) in [5.41, 5.74) is 3.07. The molecule has 2 aliphatic rings. The lowest BCUT2D eigenvalue weighted by molar-refractivity contribution is -0.136. The number of carboxylic acid groups (broad SMARTS) is 1. The molecule has 2 aromatic carbocycles. The predicted octanol–water partition coefficient (Wildman–Crippen LogP) is 6.96. The Hall–Kier alpha value is -4.24. The van der Waals surface area contributed by atoms with Gasteiger partial charge in [0.15, 0.2) is 0 Å². The Bertz CT molecular complexity index is 1540. The Morgan fingerprint density at radius 1 is 0.978 bits per heavy atom. The second kappa shape index (κ2) is 13.6. The number of hydrogen-bond donors (Lipinski definition) is 4. The fraction of sp³-hybridized carbons (Fsp3) is 0.459. The largest absolute Gasteiger partial charge is 0.465 e. The van der Waals surface area contributed by atoms with Crippen molar-refractivity contribution in [3.63, 3.8) is 0 Å². The first kappa shape index (κ1) is 33.1. The number of benzene rings is 2. The van der Waals surface area contributed by atoms with Gasteiger partial charge in [-0.2, -0.15) is 0 Å². The lowest BCUT2D eigenvalue weighted by Gasteiger charge is -2.51. The molecule has 0 aliphatic heterocycles. The maximum Gasteiger partial charge on any atom is 0.405 e. The summed E-state index contributed by atoms with van der Waals surface area (Å²) in [6.07, 6.45) is 5.76. The molecule has 3 amide bonds. The Morgan fingerprint density at radius 2 is 1.63 bits per heavy atom. The summed E-state index contributed by atoms with van der Waals surface area (Å²) in [5, 5.41) is 25.5. The smallest absolute Gasteiger partial charge is 0.405 e. The number of carbonyl (C=O) groups is 3. The third-order valence-corrected chi connectivity index (χ3v) is 9.51. The van der Waals surface area contributed by atoms with Crippen LogP contribution >= 0.6 is 0 Å². The van der Waals surface area contributed by atoms with E-state index in [1.165, 1.54) is 0 Å². The first-order chi connectivity index (χ1) is 21.9. The molecule has 5 rings (SSSR count). The number of pyridine rings is 1. The minimum absolute atomic E-state index is 0.0423. The molecule has 9 heteroatoms. The molecular weight excluding hydrogens is 580 g/mol. The monoisotopic (exact) mass is 626 g/mol. The van der Waals surface area contributed by atoms with E-state index in [-0.39, 0.29) is 29.8 Å². The van der Waals surface area contributed by atoms with Crippen LogP contribution in [0.4, 0.5) is 10.5 Å². The van der Waals surface area contributed by atoms with Gasteiger partial charge >= 0.3 is 6.09 Å². The maximum atomic E-state index is 13.2. The van der Waals surface area contributed by atoms with Crippen LogP contribution in [-0.4, -0.2) is 55.7 Å². The third kappa shape index (κ3) is 7.41. The van der Waals surface area contributed by atoms with E-state index in [2.05, 4.69) is 24.5 Å². The van der Waals surface area contributed by atoms with Gasteiger partial charge in [0, 0.05) is 48.9 Å². The van der Waals surface area contributed by atoms with Crippen molar-refractivity contribution < 1.29 is 24.6 Å². The van der Waals surface area contributed by atoms with E-state index < -0.39 is 17.2 Å². The molecule has 3 aromatic rings. The number of anilines is 1. The van der Waals surface area contributed by atoms with Crippen molar-refractivity contribution in [3.05, 3.63) is 72.4 Å². The molecule has 0 atom stereocenters. The van der Waals surface area contributed by atoms with E-state index in [4.69, 9.17) is 4.98 Å². The first-order valence-corrected chi connectivity index (χ1v) is 16.4. The Kier molecular flexibility index (Phi) is 9.82. The molecule has 2 saturated carbocycles. The van der Waals surface area contributed by atoms with Gasteiger partial charge in [-0.15, -0.1) is 0 Å². The number of nitrogens with one attached hydrogen (secondary N) is 2. The van der Waals surface area contributed by atoms with Crippen LogP contribution in [-0.2, 0) is 15.1 Å². The summed E-state index contributed by atoms with van der Waals surface area (Å²) in [6.45, 7) is 7.76. The van der Waals surface area contributed by atoms with Gasteiger partial charge < -0.3 is 25.7 Å². The molecule has 1 heterocycles. The van der Waals surface area contributed by atoms with Crippen LogP contribution in [0.15, 0.2) is 66.9 Å². The van der Waals surface area contributed by atoms with E-state index >= 15 is 0 Å². The van der Waals surface area contributed by atoms with E-state index in [0.717, 1.165) is 53.6 Å². The lowest BCUT2D eigenvalue weighted by atomic mass is 9.62. The summed E-state index contributed by atoms with van der Waals surface area (Å²) in [7, 11) is 0. The molecule has 0 unspecified atom stereocenters. The van der Waals surface area contributed by atoms with E-state index in [0.29, 0.717) is 31.4 Å². The van der Waals surface area contributed by atoms with Crippen LogP contribution in [0.2, 0.25) is 0 Å². The van der Waals surface area contributed by atoms with Crippen molar-refractivity contribution in [2.24, 2.45) is 5.92 Å². The molecule has 2 fully saturated rings. The number of carbonyl (C=O) groups excluding carboxylic acids is 2. The van der Waals surface area contributed by atoms with Gasteiger partial charge in [0.1, 0.15) is 0 Å². The summed E-state index contributed by atoms with van der Waals surface area (Å²) in [6, 6.07) is 19.9. The van der Waals surface area contributed by atoms with Crippen molar-refractivity contribution in [2.45, 2.75) is 102 Å². The zero-order chi connectivity index (χ0) is 33.1. The van der Waals surface area contributed by atoms with Gasteiger partial charge in [-0.3, -0.25) is 14.6 Å². The minimum atomic E-state index is -1.13. The van der Waals surface area contributed by atoms with Crippen molar-refractivity contribution >= 4 is 23.6 Å². The van der Waals surface area contributed by atoms with Crippen molar-refractivity contribution in [2.75, 3.05) is 5.32 Å². The van der Waals surface area contributed by atoms with Gasteiger partial charge in [-0.05, 0) is 69.6 Å². The molecule has 4 N–H and O–H groups in total. The number of aliphatic hydroxyl groups is 1. The SMILES string of the molecule is CCC(=O)N(C(C)C)[C@H]1CC[C@H](CC(=O)Nc2cnc(-c3ccc([C@]4(NC(=O)O)C[C@@](C)(O)C4)cc3)c(-c3ccccc3)c2)CC1. The molecule has 244 valence electrons. The molecule has 0 saturated heterocycles. The molecule has 9 nitrogen and oxygen atoms in total. The second-order valence-corrected chi connectivity index (χ2v) is 13.6. The predicted molar refractivity (Wildman–Crippen MR) is 179 cm³/mol. The lowest BCUT2D eigenvalue weighted by Crippen LogP contribution is -2.61. The standard InChI is InChI=1S/C37H46N4O5/c1-5-33(43)41(24(2)3)30-17-11-25(12-18-30)19-32(42)39-29-20-31(26-9-7-6-8-10-26)34(38-21-29)27-13-15-28(16-14-27)37(40-35(44)45)22-36(4,46)23-37/h6-10,13-16,20-21,24-25,30,40,46H,5,11-12,17-19,22-23H2,1-4H3,(H,39,42)(H,44,45)/t25-,30-,36-,37+. The quantitative estimate of drug-likeness (QED) is 0.192. The van der Waals surface area contributed by atoms with Crippen LogP contribution in [0.5, 0.6) is 0 Å². The summed E-state index contributed by atoms with van der Waals surface area (Å²) < 4.78 is 0. The highest BCUT2D eigenvalue weighted by atomic mass is 16.4. The zero-order valence-electron chi connectivity index (χ0n) is 27.3. The first-order valence-electron chi connectivity index (χ1n) is 16.4. The zero-order valence-corrected chi connectivity index (χ0v) is 27.3. The normalized spacial score (nSPS) is 24.1. The highest BCUT2D eigenvalue weighted by Gasteiger charge is 2.53. The van der Waals surface area contributed by atoms with Crippen LogP contribution in [0.1, 0.15) is 84.6 Å². The minimum Gasteiger partial charge on any atom is -0.465 e. The highest BCUT2D eigenvalue weighted by Crippen LogP contribution is 2.48. The number of hydrogen-bond acceptors (Lipinski definition) is 5. The van der Waals surface area contributed by atoms with Gasteiger partial charge in [0.05, 0.1) is 28.7 Å². The highest BCUT2D eigenvalue weighted by molar-refractivity contribution is 5.93. The average molecular weight is 627 g/mol. The van der Waals surface area contributed by atoms with Crippen molar-refractivity contribution in [1.29, 1.82) is 0 Å². The molecular formula is C37H46N4O5. The summed E-state index contributed by atoms with van der Waals surface area (Å²) in [4.78, 5) is 44.1. The molecule has 2 aliphatic carbocycles. The molecule has 0 radical (unpaired) electrons. The van der Waals surface area contributed by atoms with Crippen molar-refractivity contribution in [3.8, 4) is 22.4 Å². The summed E-state index contributed by atoms with van der Waals surface area (Å²) in [5.74, 6) is 0.433. The third-order valence-electron chi connectivity index (χ3n) is 9.51. The van der Waals surface area contributed by atoms with Gasteiger partial charge in [-0.1, -0.05) is 61.5 Å². The number of rotatable bonds is 10. The van der Waals surface area contributed by atoms with Gasteiger partial charge in [0.2, 0.25) is 11.8 Å². The number of aromatic nitrogens is 1. The van der Waals surface area contributed by atoms with Crippen molar-refractivity contribution in [1.82, 2.24) is 15.2 Å². The molecule has 46 heavy (non-hydrogen) atoms. The molecule has 0 spiro atoms. The van der Waals surface area contributed by atoms with E-state index in [9.17, 15) is 24.6 Å². The maximum absolute atomic E-state index is 13.2. The fourth-order valence-corrected chi connectivity index (χ4v) is 7.56. The second-order valence-electron chi connectivity index (χ2n) is 13.6. The van der Waals surface area contributed by atoms with Gasteiger partial charge in [-0.25, -0.2) is 4.79 Å². The van der Waals surface area contributed by atoms with Gasteiger partial charge in [0.25, 0.3) is 0 Å². The number of amides is 3. The summed E-state index contributed by atoms with van der Waals surface area (Å²) >= 11 is 0. The Balaban J connectivity index is 1.30. The van der Waals surface area contributed by atoms with Crippen LogP contribution < -0.4 is 10.6 Å². The average Bonchev–Trinajstić information content (AvgIpc) is 3.01. The van der Waals surface area contributed by atoms with Crippen LogP contribution in [0.25, 0.3) is 22.4 Å². The van der Waals surface area contributed by atoms with Crippen LogP contribution in [0.3, 0.4) is 0 Å². The van der Waals surface area contributed by atoms with E-state index in [1.807, 2.05) is 72.5 Å². The van der Waals surface area contributed by atoms with Crippen LogP contribution in [0, 0.1) is 5.92 Å². The fourth-order valence-electron chi connectivity index (χ4n) is 7.56. The molecule has 1 aromatic heterocycles.